The van der Waals surface area contributed by atoms with E-state index in [4.69, 9.17) is 0 Å². The van der Waals surface area contributed by atoms with Gasteiger partial charge in [0.25, 0.3) is 5.91 Å². The Morgan fingerprint density at radius 2 is 1.93 bits per heavy atom. The van der Waals surface area contributed by atoms with Crippen molar-refractivity contribution in [2.75, 3.05) is 6.54 Å². The number of rotatable bonds is 2. The van der Waals surface area contributed by atoms with Crippen LogP contribution in [0, 0.1) is 0 Å². The number of hydrogen-bond donors (Lipinski definition) is 1. The molecule has 1 aliphatic rings. The number of nitrogens with zero attached hydrogens (tertiary/aromatic N) is 2. The van der Waals surface area contributed by atoms with Gasteiger partial charge in [0.15, 0.2) is 4.87 Å². The average Bonchev–Trinajstić information content (AvgIpc) is 2.19. The van der Waals surface area contributed by atoms with E-state index in [0.717, 1.165) is 0 Å². The topological polar surface area (TPSA) is 40.6 Å². The Morgan fingerprint density at radius 1 is 1.43 bits per heavy atom. The molecule has 0 saturated carbocycles. The van der Waals surface area contributed by atoms with Crippen molar-refractivity contribution in [3.8, 4) is 0 Å². The minimum Gasteiger partial charge on any atom is -0.299 e. The summed E-state index contributed by atoms with van der Waals surface area (Å²) in [6, 6.07) is -0.268. The average molecular weight is 216 g/mol. The number of urea groups is 1. The molecule has 0 N–H and O–H groups in total. The highest BCUT2D eigenvalue weighted by molar-refractivity contribution is 7.82. The first-order chi connectivity index (χ1) is 6.34. The van der Waals surface area contributed by atoms with Crippen molar-refractivity contribution < 1.29 is 9.59 Å². The zero-order valence-corrected chi connectivity index (χ0v) is 9.84. The molecule has 0 spiro atoms. The Kier molecular flexibility index (Phi) is 2.81. The number of carbonyl (C=O) groups is 2. The largest absolute Gasteiger partial charge is 0.328 e. The van der Waals surface area contributed by atoms with Gasteiger partial charge >= 0.3 is 6.03 Å². The van der Waals surface area contributed by atoms with E-state index >= 15 is 0 Å². The second kappa shape index (κ2) is 3.46. The van der Waals surface area contributed by atoms with Crippen molar-refractivity contribution in [2.45, 2.75) is 38.6 Å². The van der Waals surface area contributed by atoms with Gasteiger partial charge in [-0.15, -0.1) is 12.6 Å². The van der Waals surface area contributed by atoms with E-state index in [9.17, 15) is 9.59 Å². The van der Waals surface area contributed by atoms with Gasteiger partial charge in [0.05, 0.1) is 0 Å². The molecule has 5 heteroatoms. The molecule has 1 saturated heterocycles. The molecular weight excluding hydrogens is 200 g/mol. The quantitative estimate of drug-likeness (QED) is 0.559. The summed E-state index contributed by atoms with van der Waals surface area (Å²) in [7, 11) is 0. The highest BCUT2D eigenvalue weighted by Gasteiger charge is 2.52. The van der Waals surface area contributed by atoms with E-state index in [1.54, 1.807) is 13.8 Å². The molecule has 1 rings (SSSR count). The van der Waals surface area contributed by atoms with Gasteiger partial charge in [-0.2, -0.15) is 0 Å². The second-order valence-corrected chi connectivity index (χ2v) is 4.69. The van der Waals surface area contributed by atoms with Crippen LogP contribution in [0.15, 0.2) is 0 Å². The Morgan fingerprint density at radius 3 is 2.14 bits per heavy atom. The normalized spacial score (nSPS) is 28.1. The van der Waals surface area contributed by atoms with E-state index in [1.807, 2.05) is 13.8 Å². The molecule has 0 bridgehead atoms. The Balaban J connectivity index is 3.09. The van der Waals surface area contributed by atoms with Crippen LogP contribution in [-0.4, -0.2) is 39.2 Å². The highest BCUT2D eigenvalue weighted by Crippen LogP contribution is 2.32. The fourth-order valence-electron chi connectivity index (χ4n) is 1.76. The third kappa shape index (κ3) is 1.39. The van der Waals surface area contributed by atoms with Crippen molar-refractivity contribution in [1.82, 2.24) is 9.80 Å². The minimum atomic E-state index is -0.999. The summed E-state index contributed by atoms with van der Waals surface area (Å²) >= 11 is 4.26. The van der Waals surface area contributed by atoms with Crippen molar-refractivity contribution in [2.24, 2.45) is 0 Å². The van der Waals surface area contributed by atoms with Gasteiger partial charge in [0, 0.05) is 12.6 Å². The lowest BCUT2D eigenvalue weighted by Crippen LogP contribution is -2.46. The maximum atomic E-state index is 11.8. The van der Waals surface area contributed by atoms with Crippen LogP contribution in [0.5, 0.6) is 0 Å². The first-order valence-electron chi connectivity index (χ1n) is 4.71. The number of amides is 3. The second-order valence-electron chi connectivity index (χ2n) is 3.82. The number of imide groups is 1. The number of likely N-dealkylation sites (N-methyl/N-ethyl adjacent to an activating group) is 1. The Labute approximate surface area is 89.7 Å². The van der Waals surface area contributed by atoms with Gasteiger partial charge in [0.2, 0.25) is 0 Å². The van der Waals surface area contributed by atoms with Crippen LogP contribution in [-0.2, 0) is 4.79 Å². The van der Waals surface area contributed by atoms with Crippen LogP contribution in [0.25, 0.3) is 0 Å². The molecule has 1 unspecified atom stereocenters. The highest BCUT2D eigenvalue weighted by atomic mass is 32.1. The summed E-state index contributed by atoms with van der Waals surface area (Å²) in [6.45, 7) is 7.59. The van der Waals surface area contributed by atoms with E-state index in [2.05, 4.69) is 12.6 Å². The molecular formula is C9H16N2O2S. The van der Waals surface area contributed by atoms with Gasteiger partial charge in [-0.05, 0) is 27.7 Å². The monoisotopic (exact) mass is 216 g/mol. The van der Waals surface area contributed by atoms with Crippen molar-refractivity contribution in [3.05, 3.63) is 0 Å². The minimum absolute atomic E-state index is 0.0227. The molecule has 14 heavy (non-hydrogen) atoms. The maximum Gasteiger partial charge on any atom is 0.328 e. The molecule has 0 aliphatic carbocycles. The van der Waals surface area contributed by atoms with Crippen LogP contribution in [0.4, 0.5) is 4.79 Å². The molecule has 4 nitrogen and oxygen atoms in total. The van der Waals surface area contributed by atoms with Gasteiger partial charge in [-0.25, -0.2) is 4.79 Å². The maximum absolute atomic E-state index is 11.8. The molecule has 80 valence electrons. The number of hydrogen-bond acceptors (Lipinski definition) is 3. The lowest BCUT2D eigenvalue weighted by atomic mass is 10.2. The summed E-state index contributed by atoms with van der Waals surface area (Å²) in [5, 5.41) is 0. The summed E-state index contributed by atoms with van der Waals surface area (Å²) < 4.78 is 0. The van der Waals surface area contributed by atoms with E-state index < -0.39 is 4.87 Å². The zero-order valence-electron chi connectivity index (χ0n) is 8.94. The lowest BCUT2D eigenvalue weighted by Gasteiger charge is -2.30. The van der Waals surface area contributed by atoms with Gasteiger partial charge in [-0.3, -0.25) is 14.6 Å². The van der Waals surface area contributed by atoms with Gasteiger partial charge in [-0.1, -0.05) is 0 Å². The van der Waals surface area contributed by atoms with Crippen LogP contribution >= 0.6 is 12.6 Å². The van der Waals surface area contributed by atoms with Gasteiger partial charge < -0.3 is 0 Å². The van der Waals surface area contributed by atoms with Crippen molar-refractivity contribution in [1.29, 1.82) is 0 Å². The summed E-state index contributed by atoms with van der Waals surface area (Å²) in [4.78, 5) is 25.3. The Bertz CT molecular complexity index is 276. The molecule has 0 aromatic carbocycles. The molecule has 1 atom stereocenters. The van der Waals surface area contributed by atoms with E-state index in [-0.39, 0.29) is 18.0 Å². The predicted octanol–water partition coefficient (Wildman–Crippen LogP) is 1.32. The Hall–Kier alpha value is -0.710. The summed E-state index contributed by atoms with van der Waals surface area (Å²) in [5.41, 5.74) is 0. The fraction of sp³-hybridized carbons (Fsp3) is 0.778. The first-order valence-corrected chi connectivity index (χ1v) is 5.16. The van der Waals surface area contributed by atoms with Crippen LogP contribution < -0.4 is 0 Å². The molecule has 0 radical (unpaired) electrons. The van der Waals surface area contributed by atoms with Crippen LogP contribution in [0.3, 0.4) is 0 Å². The van der Waals surface area contributed by atoms with Gasteiger partial charge in [0.1, 0.15) is 0 Å². The number of thiol groups is 1. The third-order valence-electron chi connectivity index (χ3n) is 2.39. The summed E-state index contributed by atoms with van der Waals surface area (Å²) in [6.07, 6.45) is 0. The molecule has 0 aromatic rings. The van der Waals surface area contributed by atoms with E-state index in [0.29, 0.717) is 6.54 Å². The SMILES string of the molecule is CCN1C(=O)N(C(C)C)C(C)(S)C1=O. The molecule has 1 heterocycles. The van der Waals surface area contributed by atoms with Crippen LogP contribution in [0.1, 0.15) is 27.7 Å². The number of carbonyl (C=O) groups excluding carboxylic acids is 2. The molecule has 3 amide bonds. The van der Waals surface area contributed by atoms with Crippen molar-refractivity contribution >= 4 is 24.6 Å². The fourth-order valence-corrected chi connectivity index (χ4v) is 2.20. The third-order valence-corrected chi connectivity index (χ3v) is 2.80. The first kappa shape index (κ1) is 11.4. The lowest BCUT2D eigenvalue weighted by molar-refractivity contribution is -0.129. The zero-order chi connectivity index (χ0) is 11.1. The van der Waals surface area contributed by atoms with Crippen molar-refractivity contribution in [3.63, 3.8) is 0 Å². The molecule has 0 aromatic heterocycles. The van der Waals surface area contributed by atoms with E-state index in [1.165, 1.54) is 9.80 Å². The summed E-state index contributed by atoms with van der Waals surface area (Å²) in [5.74, 6) is -0.234. The molecule has 1 fully saturated rings. The smallest absolute Gasteiger partial charge is 0.299 e. The van der Waals surface area contributed by atoms with Crippen LogP contribution in [0.2, 0.25) is 0 Å². The molecule has 1 aliphatic heterocycles. The standard InChI is InChI=1S/C9H16N2O2S/c1-5-10-7(12)9(4,14)11(6(2)3)8(10)13/h6,14H,5H2,1-4H3. The predicted molar refractivity (Wildman–Crippen MR) is 57.1 cm³/mol.